The van der Waals surface area contributed by atoms with E-state index in [1.54, 1.807) is 0 Å². The van der Waals surface area contributed by atoms with Crippen molar-refractivity contribution in [3.05, 3.63) is 0 Å². The molecule has 0 bridgehead atoms. The number of carbonyl (C=O) groups excluding carboxylic acids is 2. The maximum absolute atomic E-state index is 12.5. The molecule has 0 radical (unpaired) electrons. The highest BCUT2D eigenvalue weighted by Gasteiger charge is 2.37. The Balaban J connectivity index is 2.13. The molecular weight excluding hydrogens is 240 g/mol. The van der Waals surface area contributed by atoms with Gasteiger partial charge in [0.2, 0.25) is 11.8 Å². The molecule has 19 heavy (non-hydrogen) atoms. The molecule has 0 aromatic carbocycles. The summed E-state index contributed by atoms with van der Waals surface area (Å²) in [6, 6.07) is -0.00182. The van der Waals surface area contributed by atoms with Crippen LogP contribution in [0, 0.1) is 5.41 Å². The molecule has 1 aliphatic carbocycles. The van der Waals surface area contributed by atoms with Crippen LogP contribution < -0.4 is 5.32 Å². The quantitative estimate of drug-likeness (QED) is 0.832. The summed E-state index contributed by atoms with van der Waals surface area (Å²) in [6.07, 6.45) is 5.68. The van der Waals surface area contributed by atoms with Crippen LogP contribution in [-0.4, -0.2) is 35.3 Å². The van der Waals surface area contributed by atoms with E-state index in [0.717, 1.165) is 12.8 Å². The lowest BCUT2D eigenvalue weighted by Crippen LogP contribution is -2.50. The zero-order valence-corrected chi connectivity index (χ0v) is 12.4. The molecule has 1 heterocycles. The van der Waals surface area contributed by atoms with Crippen molar-refractivity contribution in [2.75, 3.05) is 6.54 Å². The van der Waals surface area contributed by atoms with Crippen LogP contribution in [-0.2, 0) is 9.59 Å². The molecule has 0 aromatic heterocycles. The third-order valence-electron chi connectivity index (χ3n) is 4.52. The van der Waals surface area contributed by atoms with E-state index in [0.29, 0.717) is 30.8 Å². The minimum Gasteiger partial charge on any atom is -0.344 e. The molecule has 1 N–H and O–H groups in total. The zero-order valence-electron chi connectivity index (χ0n) is 12.4. The lowest BCUT2D eigenvalue weighted by molar-refractivity contribution is -0.137. The summed E-state index contributed by atoms with van der Waals surface area (Å²) in [7, 11) is 0. The maximum atomic E-state index is 12.5. The molecule has 1 saturated heterocycles. The van der Waals surface area contributed by atoms with Gasteiger partial charge in [0.1, 0.15) is 6.04 Å². The van der Waals surface area contributed by atoms with Gasteiger partial charge in [-0.3, -0.25) is 9.59 Å². The monoisotopic (exact) mass is 266 g/mol. The van der Waals surface area contributed by atoms with Gasteiger partial charge < -0.3 is 10.2 Å². The van der Waals surface area contributed by atoms with Crippen molar-refractivity contribution in [2.24, 2.45) is 5.41 Å². The fourth-order valence-corrected chi connectivity index (χ4v) is 3.42. The van der Waals surface area contributed by atoms with Crippen molar-refractivity contribution < 1.29 is 9.59 Å². The fourth-order valence-electron chi connectivity index (χ4n) is 3.42. The summed E-state index contributed by atoms with van der Waals surface area (Å²) in [4.78, 5) is 26.2. The van der Waals surface area contributed by atoms with E-state index in [1.807, 2.05) is 11.8 Å². The molecule has 2 aliphatic rings. The van der Waals surface area contributed by atoms with E-state index in [2.05, 4.69) is 19.2 Å². The average molecular weight is 266 g/mol. The van der Waals surface area contributed by atoms with Gasteiger partial charge in [-0.25, -0.2) is 0 Å². The Morgan fingerprint density at radius 2 is 2.11 bits per heavy atom. The molecule has 108 valence electrons. The van der Waals surface area contributed by atoms with E-state index < -0.39 is 0 Å². The maximum Gasteiger partial charge on any atom is 0.245 e. The highest BCUT2D eigenvalue weighted by Crippen LogP contribution is 2.37. The van der Waals surface area contributed by atoms with Crippen LogP contribution in [0.1, 0.15) is 59.3 Å². The number of carbonyl (C=O) groups is 2. The fraction of sp³-hybridized carbons (Fsp3) is 0.867. The van der Waals surface area contributed by atoms with Crippen molar-refractivity contribution in [1.82, 2.24) is 10.2 Å². The van der Waals surface area contributed by atoms with E-state index in [4.69, 9.17) is 0 Å². The Kier molecular flexibility index (Phi) is 4.16. The molecule has 0 spiro atoms. The summed E-state index contributed by atoms with van der Waals surface area (Å²) in [5.74, 6) is 0.133. The summed E-state index contributed by atoms with van der Waals surface area (Å²) >= 11 is 0. The smallest absolute Gasteiger partial charge is 0.245 e. The molecule has 2 rings (SSSR count). The van der Waals surface area contributed by atoms with Gasteiger partial charge in [-0.15, -0.1) is 0 Å². The summed E-state index contributed by atoms with van der Waals surface area (Å²) in [6.45, 7) is 7.10. The van der Waals surface area contributed by atoms with Gasteiger partial charge in [0, 0.05) is 19.0 Å². The third-order valence-corrected chi connectivity index (χ3v) is 4.52. The number of rotatable bonds is 2. The van der Waals surface area contributed by atoms with Crippen molar-refractivity contribution in [2.45, 2.75) is 71.4 Å². The van der Waals surface area contributed by atoms with Crippen LogP contribution in [0.15, 0.2) is 0 Å². The summed E-state index contributed by atoms with van der Waals surface area (Å²) < 4.78 is 0. The molecule has 2 atom stereocenters. The number of hydrogen-bond acceptors (Lipinski definition) is 2. The zero-order chi connectivity index (χ0) is 14.0. The first-order chi connectivity index (χ1) is 8.93. The summed E-state index contributed by atoms with van der Waals surface area (Å²) in [5.41, 5.74) is 0.314. The van der Waals surface area contributed by atoms with Gasteiger partial charge in [0.05, 0.1) is 0 Å². The first-order valence-electron chi connectivity index (χ1n) is 7.53. The first kappa shape index (κ1) is 14.4. The number of amides is 2. The Bertz CT molecular complexity index is 365. The van der Waals surface area contributed by atoms with Crippen LogP contribution in [0.4, 0.5) is 0 Å². The lowest BCUT2D eigenvalue weighted by atomic mass is 9.74. The van der Waals surface area contributed by atoms with Crippen LogP contribution in [0.3, 0.4) is 0 Å². The first-order valence-corrected chi connectivity index (χ1v) is 7.53. The standard InChI is InChI=1S/C15H26N2O2/c1-4-12-14(19)17(9-7-13(18)16-12)11-6-5-8-15(2,3)10-11/h11-12H,4-10H2,1-3H3,(H,16,18). The van der Waals surface area contributed by atoms with Crippen molar-refractivity contribution in [1.29, 1.82) is 0 Å². The Hall–Kier alpha value is -1.06. The second-order valence-electron chi connectivity index (χ2n) is 6.72. The second-order valence-corrected chi connectivity index (χ2v) is 6.72. The van der Waals surface area contributed by atoms with Crippen LogP contribution in [0.5, 0.6) is 0 Å². The molecule has 2 amide bonds. The molecule has 2 unspecified atom stereocenters. The van der Waals surface area contributed by atoms with E-state index in [-0.39, 0.29) is 17.9 Å². The molecule has 4 heteroatoms. The molecular formula is C15H26N2O2. The van der Waals surface area contributed by atoms with Gasteiger partial charge in [-0.05, 0) is 31.1 Å². The van der Waals surface area contributed by atoms with Crippen LogP contribution >= 0.6 is 0 Å². The SMILES string of the molecule is CCC1NC(=O)CCN(C2CCCC(C)(C)C2)C1=O. The minimum absolute atomic E-state index is 0.0118. The third kappa shape index (κ3) is 3.28. The Morgan fingerprint density at radius 3 is 2.74 bits per heavy atom. The van der Waals surface area contributed by atoms with Gasteiger partial charge in [0.25, 0.3) is 0 Å². The second kappa shape index (κ2) is 5.51. The van der Waals surface area contributed by atoms with Crippen LogP contribution in [0.25, 0.3) is 0 Å². The average Bonchev–Trinajstić information content (AvgIpc) is 2.48. The minimum atomic E-state index is -0.319. The van der Waals surface area contributed by atoms with E-state index in [1.165, 1.54) is 12.8 Å². The van der Waals surface area contributed by atoms with E-state index in [9.17, 15) is 9.59 Å². The number of nitrogens with zero attached hydrogens (tertiary/aromatic N) is 1. The largest absolute Gasteiger partial charge is 0.344 e. The van der Waals surface area contributed by atoms with Gasteiger partial charge in [-0.2, -0.15) is 0 Å². The molecule has 1 saturated carbocycles. The molecule has 1 aliphatic heterocycles. The van der Waals surface area contributed by atoms with Crippen molar-refractivity contribution in [3.8, 4) is 0 Å². The van der Waals surface area contributed by atoms with Gasteiger partial charge >= 0.3 is 0 Å². The molecule has 4 nitrogen and oxygen atoms in total. The molecule has 0 aromatic rings. The lowest BCUT2D eigenvalue weighted by Gasteiger charge is -2.41. The highest BCUT2D eigenvalue weighted by atomic mass is 16.2. The van der Waals surface area contributed by atoms with E-state index >= 15 is 0 Å². The van der Waals surface area contributed by atoms with Gasteiger partial charge in [0.15, 0.2) is 0 Å². The Labute approximate surface area is 115 Å². The number of nitrogens with one attached hydrogen (secondary N) is 1. The topological polar surface area (TPSA) is 49.4 Å². The summed E-state index contributed by atoms with van der Waals surface area (Å²) in [5, 5.41) is 2.84. The predicted molar refractivity (Wildman–Crippen MR) is 74.6 cm³/mol. The highest BCUT2D eigenvalue weighted by molar-refractivity contribution is 5.90. The molecule has 2 fully saturated rings. The number of hydrogen-bond donors (Lipinski definition) is 1. The van der Waals surface area contributed by atoms with Crippen LogP contribution in [0.2, 0.25) is 0 Å². The predicted octanol–water partition coefficient (Wildman–Crippen LogP) is 2.08. The van der Waals surface area contributed by atoms with Crippen molar-refractivity contribution >= 4 is 11.8 Å². The van der Waals surface area contributed by atoms with Crippen molar-refractivity contribution in [3.63, 3.8) is 0 Å². The van der Waals surface area contributed by atoms with Gasteiger partial charge in [-0.1, -0.05) is 27.2 Å². The Morgan fingerprint density at radius 1 is 1.37 bits per heavy atom. The normalized spacial score (nSPS) is 31.8.